The number of carbonyl (C=O) groups is 2. The van der Waals surface area contributed by atoms with Crippen LogP contribution in [0.25, 0.3) is 0 Å². The molecule has 8 heteroatoms. The topological polar surface area (TPSA) is 82.3 Å². The van der Waals surface area contributed by atoms with Crippen molar-refractivity contribution in [3.8, 4) is 0 Å². The van der Waals surface area contributed by atoms with Gasteiger partial charge in [-0.15, -0.1) is 0 Å². The fourth-order valence-electron chi connectivity index (χ4n) is 4.78. The zero-order chi connectivity index (χ0) is 31.1. The maximum absolute atomic E-state index is 13.2. The predicted octanol–water partition coefficient (Wildman–Crippen LogP) is 9.46. The average Bonchev–Trinajstić information content (AvgIpc) is 3.03. The molecule has 6 nitrogen and oxygen atoms in total. The van der Waals surface area contributed by atoms with E-state index in [0.29, 0.717) is 32.5 Å². The van der Waals surface area contributed by atoms with Crippen molar-refractivity contribution in [2.45, 2.75) is 25.9 Å². The van der Waals surface area contributed by atoms with Crippen LogP contribution < -0.4 is 21.3 Å². The lowest BCUT2D eigenvalue weighted by Gasteiger charge is -2.18. The molecule has 0 heterocycles. The molecule has 0 radical (unpaired) electrons. The van der Waals surface area contributed by atoms with E-state index >= 15 is 0 Å². The van der Waals surface area contributed by atoms with Crippen molar-refractivity contribution in [2.24, 2.45) is 0 Å². The standard InChI is InChI=1S/C36H32Cl2N4O2/c1-23(25-9-5-3-6-10-25)39-35(43)31-19-13-27(37)21-33(31)41-29-15-17-30(18-16-29)42-34-22-28(38)14-20-32(34)36(44)40-24(2)26-11-7-4-8-12-26/h3-24,41-42H,1-2H3,(H,39,43)(H,40,44)/t23-,24-/m0/s1. The molecule has 5 aromatic carbocycles. The Bertz CT molecular complexity index is 1620. The summed E-state index contributed by atoms with van der Waals surface area (Å²) in [6.07, 6.45) is 0. The van der Waals surface area contributed by atoms with Crippen molar-refractivity contribution >= 4 is 57.8 Å². The van der Waals surface area contributed by atoms with E-state index in [-0.39, 0.29) is 23.9 Å². The number of halogens is 2. The molecule has 2 atom stereocenters. The lowest BCUT2D eigenvalue weighted by molar-refractivity contribution is 0.0932. The molecule has 5 aromatic rings. The summed E-state index contributed by atoms with van der Waals surface area (Å²) >= 11 is 12.6. The minimum Gasteiger partial charge on any atom is -0.355 e. The zero-order valence-electron chi connectivity index (χ0n) is 24.3. The number of hydrogen-bond donors (Lipinski definition) is 4. The van der Waals surface area contributed by atoms with Gasteiger partial charge in [-0.25, -0.2) is 0 Å². The van der Waals surface area contributed by atoms with E-state index in [0.717, 1.165) is 22.5 Å². The summed E-state index contributed by atoms with van der Waals surface area (Å²) in [5.74, 6) is -0.431. The highest BCUT2D eigenvalue weighted by Crippen LogP contribution is 2.29. The molecule has 0 fully saturated rings. The monoisotopic (exact) mass is 622 g/mol. The molecule has 44 heavy (non-hydrogen) atoms. The molecule has 5 rings (SSSR count). The Kier molecular flexibility index (Phi) is 9.85. The van der Waals surface area contributed by atoms with Gasteiger partial charge in [0.2, 0.25) is 0 Å². The van der Waals surface area contributed by atoms with Gasteiger partial charge in [0.05, 0.1) is 34.6 Å². The van der Waals surface area contributed by atoms with Crippen molar-refractivity contribution in [3.05, 3.63) is 154 Å². The molecule has 222 valence electrons. The first-order valence-corrected chi connectivity index (χ1v) is 15.0. The Morgan fingerprint density at radius 1 is 0.523 bits per heavy atom. The number of amides is 2. The maximum Gasteiger partial charge on any atom is 0.253 e. The van der Waals surface area contributed by atoms with E-state index in [1.807, 2.05) is 98.8 Å². The van der Waals surface area contributed by atoms with Crippen LogP contribution in [-0.4, -0.2) is 11.8 Å². The van der Waals surface area contributed by atoms with Gasteiger partial charge < -0.3 is 21.3 Å². The van der Waals surface area contributed by atoms with Gasteiger partial charge in [-0.05, 0) is 85.6 Å². The van der Waals surface area contributed by atoms with Crippen LogP contribution in [0.2, 0.25) is 10.0 Å². The number of benzene rings is 5. The molecule has 0 bridgehead atoms. The van der Waals surface area contributed by atoms with Gasteiger partial charge >= 0.3 is 0 Å². The fourth-order valence-corrected chi connectivity index (χ4v) is 5.13. The van der Waals surface area contributed by atoms with Gasteiger partial charge in [0.25, 0.3) is 11.8 Å². The van der Waals surface area contributed by atoms with Gasteiger partial charge in [-0.2, -0.15) is 0 Å². The first kappa shape index (κ1) is 30.7. The van der Waals surface area contributed by atoms with Crippen LogP contribution in [0.1, 0.15) is 57.8 Å². The second-order valence-electron chi connectivity index (χ2n) is 10.4. The van der Waals surface area contributed by atoms with Crippen LogP contribution in [0.4, 0.5) is 22.7 Å². The number of carbonyl (C=O) groups excluding carboxylic acids is 2. The van der Waals surface area contributed by atoms with Gasteiger partial charge in [-0.1, -0.05) is 83.9 Å². The summed E-state index contributed by atoms with van der Waals surface area (Å²) in [6.45, 7) is 3.89. The normalized spacial score (nSPS) is 12.1. The summed E-state index contributed by atoms with van der Waals surface area (Å²) in [6, 6.07) is 37.0. The summed E-state index contributed by atoms with van der Waals surface area (Å²) < 4.78 is 0. The third-order valence-corrected chi connectivity index (χ3v) is 7.66. The van der Waals surface area contributed by atoms with Gasteiger partial charge in [-0.3, -0.25) is 9.59 Å². The Hall–Kier alpha value is -4.78. The van der Waals surface area contributed by atoms with Crippen molar-refractivity contribution in [1.82, 2.24) is 10.6 Å². The summed E-state index contributed by atoms with van der Waals surface area (Å²) in [5.41, 5.74) is 5.64. The van der Waals surface area contributed by atoms with Crippen molar-refractivity contribution in [1.29, 1.82) is 0 Å². The van der Waals surface area contributed by atoms with Crippen LogP contribution >= 0.6 is 23.2 Å². The van der Waals surface area contributed by atoms with Crippen LogP contribution in [0, 0.1) is 0 Å². The smallest absolute Gasteiger partial charge is 0.253 e. The number of rotatable bonds is 10. The highest BCUT2D eigenvalue weighted by molar-refractivity contribution is 6.31. The molecule has 0 unspecified atom stereocenters. The van der Waals surface area contributed by atoms with Crippen molar-refractivity contribution in [2.75, 3.05) is 10.6 Å². The Labute approximate surface area is 267 Å². The quantitative estimate of drug-likeness (QED) is 0.125. The van der Waals surface area contributed by atoms with Gasteiger partial charge in [0.15, 0.2) is 0 Å². The Morgan fingerprint density at radius 2 is 0.886 bits per heavy atom. The van der Waals surface area contributed by atoms with E-state index in [9.17, 15) is 9.59 Å². The lowest BCUT2D eigenvalue weighted by atomic mass is 10.1. The van der Waals surface area contributed by atoms with E-state index in [2.05, 4.69) is 21.3 Å². The molecule has 0 spiro atoms. The minimum atomic E-state index is -0.216. The van der Waals surface area contributed by atoms with Gasteiger partial charge in [0.1, 0.15) is 0 Å². The average molecular weight is 624 g/mol. The second kappa shape index (κ2) is 14.1. The highest BCUT2D eigenvalue weighted by atomic mass is 35.5. The SMILES string of the molecule is C[C@H](NC(=O)c1ccc(Cl)cc1Nc1ccc(Nc2cc(Cl)ccc2C(=O)N[C@@H](C)c2ccccc2)cc1)c1ccccc1. The molecule has 2 amide bonds. The van der Waals surface area contributed by atoms with Crippen molar-refractivity contribution in [3.63, 3.8) is 0 Å². The molecule has 0 aromatic heterocycles. The largest absolute Gasteiger partial charge is 0.355 e. The van der Waals surface area contributed by atoms with E-state index in [1.165, 1.54) is 0 Å². The molecular weight excluding hydrogens is 591 g/mol. The van der Waals surface area contributed by atoms with Crippen LogP contribution in [-0.2, 0) is 0 Å². The van der Waals surface area contributed by atoms with E-state index in [4.69, 9.17) is 23.2 Å². The third kappa shape index (κ3) is 7.78. The van der Waals surface area contributed by atoms with Crippen molar-refractivity contribution < 1.29 is 9.59 Å². The Morgan fingerprint density at radius 3 is 1.25 bits per heavy atom. The maximum atomic E-state index is 13.2. The van der Waals surface area contributed by atoms with E-state index < -0.39 is 0 Å². The Balaban J connectivity index is 1.29. The van der Waals surface area contributed by atoms with E-state index in [1.54, 1.807) is 36.4 Å². The van der Waals surface area contributed by atoms with Gasteiger partial charge in [0, 0.05) is 21.4 Å². The summed E-state index contributed by atoms with van der Waals surface area (Å²) in [7, 11) is 0. The van der Waals surface area contributed by atoms with Crippen LogP contribution in [0.3, 0.4) is 0 Å². The second-order valence-corrected chi connectivity index (χ2v) is 11.3. The number of anilines is 4. The van der Waals surface area contributed by atoms with Crippen LogP contribution in [0.15, 0.2) is 121 Å². The molecule has 0 aliphatic heterocycles. The predicted molar refractivity (Wildman–Crippen MR) is 181 cm³/mol. The first-order valence-electron chi connectivity index (χ1n) is 14.2. The fraction of sp³-hybridized carbons (Fsp3) is 0.111. The number of hydrogen-bond acceptors (Lipinski definition) is 4. The molecule has 0 aliphatic rings. The highest BCUT2D eigenvalue weighted by Gasteiger charge is 2.17. The number of nitrogens with one attached hydrogen (secondary N) is 4. The summed E-state index contributed by atoms with van der Waals surface area (Å²) in [4.78, 5) is 26.4. The third-order valence-electron chi connectivity index (χ3n) is 7.19. The lowest BCUT2D eigenvalue weighted by Crippen LogP contribution is -2.27. The van der Waals surface area contributed by atoms with Crippen LogP contribution in [0.5, 0.6) is 0 Å². The molecule has 0 saturated carbocycles. The molecular formula is C36H32Cl2N4O2. The molecule has 0 aliphatic carbocycles. The minimum absolute atomic E-state index is 0.169. The zero-order valence-corrected chi connectivity index (χ0v) is 25.8. The first-order chi connectivity index (χ1) is 21.3. The molecule has 0 saturated heterocycles. The summed E-state index contributed by atoms with van der Waals surface area (Å²) in [5, 5.41) is 13.8. The molecule has 4 N–H and O–H groups in total.